The molecule has 0 aliphatic rings. The van der Waals surface area contributed by atoms with Gasteiger partial charge in [-0.3, -0.25) is 0 Å². The molecule has 1 aromatic rings. The molecule has 18 heavy (non-hydrogen) atoms. The Morgan fingerprint density at radius 2 is 2.06 bits per heavy atom. The second kappa shape index (κ2) is 5.61. The highest BCUT2D eigenvalue weighted by atomic mass is 79.9. The maximum absolute atomic E-state index is 13.3. The van der Waals surface area contributed by atoms with E-state index in [-0.39, 0.29) is 11.6 Å². The lowest BCUT2D eigenvalue weighted by atomic mass is 10.1. The average molecular weight is 342 g/mol. The van der Waals surface area contributed by atoms with Gasteiger partial charge in [0.05, 0.1) is 11.4 Å². The summed E-state index contributed by atoms with van der Waals surface area (Å²) in [5.74, 6) is -2.50. The Labute approximate surface area is 119 Å². The molecular weight excluding hydrogens is 325 g/mol. The van der Waals surface area contributed by atoms with E-state index in [1.54, 1.807) is 6.07 Å². The Morgan fingerprint density at radius 3 is 2.50 bits per heavy atom. The van der Waals surface area contributed by atoms with E-state index < -0.39 is 5.92 Å². The summed E-state index contributed by atoms with van der Waals surface area (Å²) in [6, 6.07) is 2.97. The fraction of sp³-hybridized carbons (Fsp3) is 0.500. The molecule has 0 aliphatic carbocycles. The van der Waals surface area contributed by atoms with Gasteiger partial charge >= 0.3 is 0 Å². The van der Waals surface area contributed by atoms with Gasteiger partial charge < -0.3 is 10.6 Å². The lowest BCUT2D eigenvalue weighted by Crippen LogP contribution is -2.31. The molecule has 0 radical (unpaired) electrons. The monoisotopic (exact) mass is 340 g/mol. The van der Waals surface area contributed by atoms with E-state index in [4.69, 9.17) is 17.3 Å². The predicted molar refractivity (Wildman–Crippen MR) is 76.7 cm³/mol. The fourth-order valence-electron chi connectivity index (χ4n) is 1.56. The smallest absolute Gasteiger partial charge is 0.271 e. The van der Waals surface area contributed by atoms with Crippen LogP contribution in [-0.2, 0) is 5.92 Å². The molecule has 0 saturated carbocycles. The Morgan fingerprint density at radius 1 is 1.50 bits per heavy atom. The molecule has 1 unspecified atom stereocenters. The molecule has 0 spiro atoms. The van der Waals surface area contributed by atoms with Crippen molar-refractivity contribution in [3.05, 3.63) is 22.2 Å². The average Bonchev–Trinajstić information content (AvgIpc) is 2.28. The zero-order valence-electron chi connectivity index (χ0n) is 10.5. The number of nitrogens with zero attached hydrogens (tertiary/aromatic N) is 1. The van der Waals surface area contributed by atoms with E-state index in [2.05, 4.69) is 15.9 Å². The first-order valence-corrected chi connectivity index (χ1v) is 6.77. The van der Waals surface area contributed by atoms with Gasteiger partial charge in [0.1, 0.15) is 0 Å². The number of anilines is 2. The Bertz CT molecular complexity index is 435. The Balaban J connectivity index is 3.23. The topological polar surface area (TPSA) is 29.3 Å². The van der Waals surface area contributed by atoms with Gasteiger partial charge in [0, 0.05) is 35.9 Å². The third kappa shape index (κ3) is 3.26. The van der Waals surface area contributed by atoms with Crippen molar-refractivity contribution in [1.29, 1.82) is 0 Å². The third-order valence-electron chi connectivity index (χ3n) is 2.85. The molecule has 0 amide bonds. The first-order valence-electron chi connectivity index (χ1n) is 5.44. The normalized spacial score (nSPS) is 13.5. The zero-order valence-corrected chi connectivity index (χ0v) is 12.8. The molecule has 0 bridgehead atoms. The van der Waals surface area contributed by atoms with E-state index in [1.807, 2.05) is 18.9 Å². The molecule has 1 aromatic carbocycles. The Kier molecular flexibility index (Phi) is 4.84. The second-order valence-electron chi connectivity index (χ2n) is 4.39. The Hall–Kier alpha value is -0.550. The lowest BCUT2D eigenvalue weighted by Gasteiger charge is -2.28. The first-order chi connectivity index (χ1) is 8.18. The number of halogens is 4. The first kappa shape index (κ1) is 15.5. The van der Waals surface area contributed by atoms with Crippen LogP contribution in [0.5, 0.6) is 0 Å². The van der Waals surface area contributed by atoms with Gasteiger partial charge in [-0.25, -0.2) is 8.78 Å². The van der Waals surface area contributed by atoms with Crippen molar-refractivity contribution >= 4 is 38.9 Å². The summed E-state index contributed by atoms with van der Waals surface area (Å²) in [6.45, 7) is 2.78. The third-order valence-corrected chi connectivity index (χ3v) is 3.96. The standard InChI is InChI=1S/C12H16BrClF2N2/c1-7(6-14)18(3)11-5-9(13)8(4-10(11)17)12(2,15)16/h4-5,7H,6,17H2,1-3H3. The largest absolute Gasteiger partial charge is 0.397 e. The molecule has 1 rings (SSSR count). The van der Waals surface area contributed by atoms with Crippen LogP contribution in [0, 0.1) is 0 Å². The molecule has 0 aromatic heterocycles. The highest BCUT2D eigenvalue weighted by molar-refractivity contribution is 9.10. The van der Waals surface area contributed by atoms with Gasteiger partial charge in [-0.05, 0) is 19.1 Å². The number of benzene rings is 1. The minimum atomic E-state index is -2.93. The quantitative estimate of drug-likeness (QED) is 0.657. The molecule has 1 atom stereocenters. The maximum atomic E-state index is 13.3. The highest BCUT2D eigenvalue weighted by Gasteiger charge is 2.28. The molecule has 2 N–H and O–H groups in total. The lowest BCUT2D eigenvalue weighted by molar-refractivity contribution is 0.0168. The number of hydrogen-bond donors (Lipinski definition) is 1. The zero-order chi connectivity index (χ0) is 14.1. The minimum Gasteiger partial charge on any atom is -0.397 e. The maximum Gasteiger partial charge on any atom is 0.271 e. The van der Waals surface area contributed by atoms with E-state index in [0.717, 1.165) is 6.92 Å². The van der Waals surface area contributed by atoms with Gasteiger partial charge in [0.2, 0.25) is 0 Å². The molecule has 6 heteroatoms. The summed E-state index contributed by atoms with van der Waals surface area (Å²) in [4.78, 5) is 1.87. The SMILES string of the molecule is CC(CCl)N(C)c1cc(Br)c(C(C)(F)F)cc1N. The van der Waals surface area contributed by atoms with Crippen molar-refractivity contribution in [3.63, 3.8) is 0 Å². The van der Waals surface area contributed by atoms with Gasteiger partial charge in [0.25, 0.3) is 5.92 Å². The molecule has 102 valence electrons. The van der Waals surface area contributed by atoms with Crippen LogP contribution < -0.4 is 10.6 Å². The van der Waals surface area contributed by atoms with Crippen molar-refractivity contribution in [3.8, 4) is 0 Å². The number of alkyl halides is 3. The van der Waals surface area contributed by atoms with Gasteiger partial charge in [0.15, 0.2) is 0 Å². The second-order valence-corrected chi connectivity index (χ2v) is 5.56. The van der Waals surface area contributed by atoms with E-state index >= 15 is 0 Å². The van der Waals surface area contributed by atoms with Crippen LogP contribution in [0.1, 0.15) is 19.4 Å². The van der Waals surface area contributed by atoms with Crippen LogP contribution >= 0.6 is 27.5 Å². The van der Waals surface area contributed by atoms with Crippen molar-refractivity contribution in [1.82, 2.24) is 0 Å². The van der Waals surface area contributed by atoms with Gasteiger partial charge in [-0.1, -0.05) is 15.9 Å². The van der Waals surface area contributed by atoms with Crippen LogP contribution in [0.4, 0.5) is 20.2 Å². The molecule has 0 aliphatic heterocycles. The van der Waals surface area contributed by atoms with Crippen molar-refractivity contribution in [2.24, 2.45) is 0 Å². The van der Waals surface area contributed by atoms with Crippen LogP contribution in [0.25, 0.3) is 0 Å². The summed E-state index contributed by atoms with van der Waals surface area (Å²) >= 11 is 8.94. The van der Waals surface area contributed by atoms with Gasteiger partial charge in [-0.2, -0.15) is 0 Å². The predicted octanol–water partition coefficient (Wildman–Crippen LogP) is 4.21. The van der Waals surface area contributed by atoms with E-state index in [9.17, 15) is 8.78 Å². The number of rotatable bonds is 4. The summed E-state index contributed by atoms with van der Waals surface area (Å²) in [5, 5.41) is 0. The number of nitrogen functional groups attached to an aromatic ring is 1. The van der Waals surface area contributed by atoms with Crippen LogP contribution in [-0.4, -0.2) is 19.0 Å². The summed E-state index contributed by atoms with van der Waals surface area (Å²) in [6.07, 6.45) is 0. The van der Waals surface area contributed by atoms with Crippen molar-refractivity contribution in [2.75, 3.05) is 23.6 Å². The molecule has 2 nitrogen and oxygen atoms in total. The van der Waals surface area contributed by atoms with E-state index in [0.29, 0.717) is 21.7 Å². The van der Waals surface area contributed by atoms with Crippen molar-refractivity contribution < 1.29 is 8.78 Å². The molecular formula is C12H16BrClF2N2. The van der Waals surface area contributed by atoms with Crippen LogP contribution in [0.2, 0.25) is 0 Å². The fourth-order valence-corrected chi connectivity index (χ4v) is 2.45. The molecule has 0 heterocycles. The van der Waals surface area contributed by atoms with Crippen molar-refractivity contribution in [2.45, 2.75) is 25.8 Å². The minimum absolute atomic E-state index is 0.0638. The summed E-state index contributed by atoms with van der Waals surface area (Å²) in [7, 11) is 1.83. The number of hydrogen-bond acceptors (Lipinski definition) is 2. The molecule has 0 fully saturated rings. The summed E-state index contributed by atoms with van der Waals surface area (Å²) in [5.41, 5.74) is 6.72. The molecule has 0 saturated heterocycles. The number of nitrogens with two attached hydrogens (primary N) is 1. The van der Waals surface area contributed by atoms with Crippen LogP contribution in [0.3, 0.4) is 0 Å². The van der Waals surface area contributed by atoms with Crippen LogP contribution in [0.15, 0.2) is 16.6 Å². The van der Waals surface area contributed by atoms with Gasteiger partial charge in [-0.15, -0.1) is 11.6 Å². The summed E-state index contributed by atoms with van der Waals surface area (Å²) < 4.78 is 27.0. The van der Waals surface area contributed by atoms with E-state index in [1.165, 1.54) is 6.07 Å². The highest BCUT2D eigenvalue weighted by Crippen LogP contribution is 2.38.